The Labute approximate surface area is 159 Å². The van der Waals surface area contributed by atoms with Gasteiger partial charge in [-0.25, -0.2) is 16.8 Å². The smallest absolute Gasteiger partial charge is 0.183 e. The zero-order valence-electron chi connectivity index (χ0n) is 15.1. The van der Waals surface area contributed by atoms with Crippen molar-refractivity contribution < 1.29 is 21.6 Å². The fourth-order valence-electron chi connectivity index (χ4n) is 3.25. The molecule has 0 aliphatic carbocycles. The minimum atomic E-state index is -3.83. The van der Waals surface area contributed by atoms with Crippen LogP contribution in [0.1, 0.15) is 11.3 Å². The minimum Gasteiger partial charge on any atom is -0.496 e. The summed E-state index contributed by atoms with van der Waals surface area (Å²) in [6.07, 6.45) is 1.64. The number of rotatable bonds is 6. The predicted octanol–water partition coefficient (Wildman–Crippen LogP) is 1.13. The van der Waals surface area contributed by atoms with Gasteiger partial charge in [-0.15, -0.1) is 0 Å². The highest BCUT2D eigenvalue weighted by Gasteiger charge is 2.45. The first kappa shape index (κ1) is 19.8. The number of pyridine rings is 1. The molecular formula is C18H22N2O5S2. The van der Waals surface area contributed by atoms with Crippen LogP contribution >= 0.6 is 0 Å². The van der Waals surface area contributed by atoms with Crippen LogP contribution in [0.15, 0.2) is 47.5 Å². The Morgan fingerprint density at radius 2 is 2.00 bits per heavy atom. The molecule has 1 saturated heterocycles. The summed E-state index contributed by atoms with van der Waals surface area (Å²) in [6, 6.07) is 9.28. The quantitative estimate of drug-likeness (QED) is 0.761. The molecule has 0 unspecified atom stereocenters. The van der Waals surface area contributed by atoms with Crippen molar-refractivity contribution in [3.8, 4) is 5.75 Å². The van der Waals surface area contributed by atoms with Gasteiger partial charge in [-0.05, 0) is 42.8 Å². The summed E-state index contributed by atoms with van der Waals surface area (Å²) in [5.41, 5.74) is 1.40. The lowest BCUT2D eigenvalue weighted by Gasteiger charge is -2.20. The fraction of sp³-hybridized carbons (Fsp3) is 0.389. The lowest BCUT2D eigenvalue weighted by Crippen LogP contribution is -2.43. The summed E-state index contributed by atoms with van der Waals surface area (Å²) in [5, 5.41) is 2.03. The topological polar surface area (TPSA) is 102 Å². The molecule has 1 aromatic heterocycles. The zero-order valence-corrected chi connectivity index (χ0v) is 16.8. The van der Waals surface area contributed by atoms with E-state index in [4.69, 9.17) is 4.74 Å². The standard InChI is InChI=1S/C18H22N2O5S2/c1-13-9-15(6-7-17(13)25-2)27(23,24)18-12-26(21,22)11-16(18)20-10-14-5-3-4-8-19-14/h3-9,16,18,20H,10-12H2,1-2H3/t16-,18-/m0/s1. The molecule has 1 aliphatic rings. The molecule has 2 aromatic rings. The van der Waals surface area contributed by atoms with Crippen LogP contribution in [0.3, 0.4) is 0 Å². The van der Waals surface area contributed by atoms with Gasteiger partial charge in [0, 0.05) is 18.8 Å². The third-order valence-electron chi connectivity index (χ3n) is 4.67. The lowest BCUT2D eigenvalue weighted by atomic mass is 10.2. The van der Waals surface area contributed by atoms with Crippen molar-refractivity contribution in [2.75, 3.05) is 18.6 Å². The molecule has 146 valence electrons. The number of sulfone groups is 2. The van der Waals surface area contributed by atoms with Crippen LogP contribution in [0.25, 0.3) is 0 Å². The Balaban J connectivity index is 1.88. The summed E-state index contributed by atoms with van der Waals surface area (Å²) in [4.78, 5) is 4.28. The molecule has 0 saturated carbocycles. The zero-order chi connectivity index (χ0) is 19.7. The van der Waals surface area contributed by atoms with Gasteiger partial charge in [-0.1, -0.05) is 6.07 Å². The molecule has 1 N–H and O–H groups in total. The Kier molecular flexibility index (Phi) is 5.55. The number of methoxy groups -OCH3 is 1. The SMILES string of the molecule is COc1ccc(S(=O)(=O)[C@H]2CS(=O)(=O)C[C@@H]2NCc2ccccn2)cc1C. The molecule has 2 atom stereocenters. The monoisotopic (exact) mass is 410 g/mol. The van der Waals surface area contributed by atoms with E-state index < -0.39 is 31.0 Å². The van der Waals surface area contributed by atoms with Crippen molar-refractivity contribution in [1.29, 1.82) is 0 Å². The first-order valence-electron chi connectivity index (χ1n) is 8.45. The maximum atomic E-state index is 13.1. The first-order valence-corrected chi connectivity index (χ1v) is 11.8. The molecule has 0 spiro atoms. The van der Waals surface area contributed by atoms with E-state index in [1.807, 2.05) is 6.07 Å². The molecule has 9 heteroatoms. The van der Waals surface area contributed by atoms with Gasteiger partial charge in [0.1, 0.15) is 5.75 Å². The van der Waals surface area contributed by atoms with E-state index in [-0.39, 0.29) is 16.4 Å². The van der Waals surface area contributed by atoms with Crippen molar-refractivity contribution in [1.82, 2.24) is 10.3 Å². The highest BCUT2D eigenvalue weighted by molar-refractivity contribution is 7.96. The number of hydrogen-bond acceptors (Lipinski definition) is 7. The summed E-state index contributed by atoms with van der Waals surface area (Å²) >= 11 is 0. The molecule has 1 aromatic carbocycles. The molecule has 27 heavy (non-hydrogen) atoms. The van der Waals surface area contributed by atoms with Gasteiger partial charge in [0.15, 0.2) is 19.7 Å². The molecule has 0 bridgehead atoms. The molecule has 1 aliphatic heterocycles. The normalized spacial score (nSPS) is 21.9. The van der Waals surface area contributed by atoms with Gasteiger partial charge in [0.05, 0.1) is 34.5 Å². The summed E-state index contributed by atoms with van der Waals surface area (Å²) in [6.45, 7) is 2.05. The number of benzene rings is 1. The molecular weight excluding hydrogens is 388 g/mol. The first-order chi connectivity index (χ1) is 12.7. The van der Waals surface area contributed by atoms with Gasteiger partial charge in [-0.2, -0.15) is 0 Å². The number of nitrogens with zero attached hydrogens (tertiary/aromatic N) is 1. The van der Waals surface area contributed by atoms with Crippen molar-refractivity contribution >= 4 is 19.7 Å². The Morgan fingerprint density at radius 3 is 2.63 bits per heavy atom. The van der Waals surface area contributed by atoms with Gasteiger partial charge in [-0.3, -0.25) is 4.98 Å². The van der Waals surface area contributed by atoms with E-state index in [1.165, 1.54) is 19.2 Å². The highest BCUT2D eigenvalue weighted by atomic mass is 32.2. The third-order valence-corrected chi connectivity index (χ3v) is 8.81. The Hall–Kier alpha value is -1.97. The van der Waals surface area contributed by atoms with Crippen LogP contribution in [0.2, 0.25) is 0 Å². The van der Waals surface area contributed by atoms with E-state index in [0.29, 0.717) is 17.9 Å². The van der Waals surface area contributed by atoms with Crippen molar-refractivity contribution in [2.24, 2.45) is 0 Å². The van der Waals surface area contributed by atoms with Crippen LogP contribution in [0, 0.1) is 6.92 Å². The Morgan fingerprint density at radius 1 is 1.22 bits per heavy atom. The van der Waals surface area contributed by atoms with Gasteiger partial charge < -0.3 is 10.1 Å². The number of nitrogens with one attached hydrogen (secondary N) is 1. The molecule has 0 amide bonds. The summed E-state index contributed by atoms with van der Waals surface area (Å²) < 4.78 is 55.8. The van der Waals surface area contributed by atoms with E-state index in [2.05, 4.69) is 10.3 Å². The number of ether oxygens (including phenoxy) is 1. The van der Waals surface area contributed by atoms with Crippen molar-refractivity contribution in [2.45, 2.75) is 29.7 Å². The number of aryl methyl sites for hydroxylation is 1. The summed E-state index contributed by atoms with van der Waals surface area (Å²) in [5.74, 6) is -0.0167. The van der Waals surface area contributed by atoms with Crippen LogP contribution in [0.4, 0.5) is 0 Å². The highest BCUT2D eigenvalue weighted by Crippen LogP contribution is 2.29. The molecule has 3 rings (SSSR count). The Bertz CT molecular complexity index is 1020. The average molecular weight is 411 g/mol. The van der Waals surface area contributed by atoms with E-state index in [9.17, 15) is 16.8 Å². The van der Waals surface area contributed by atoms with Gasteiger partial charge >= 0.3 is 0 Å². The lowest BCUT2D eigenvalue weighted by molar-refractivity contribution is 0.411. The minimum absolute atomic E-state index is 0.104. The van der Waals surface area contributed by atoms with Gasteiger partial charge in [0.25, 0.3) is 0 Å². The van der Waals surface area contributed by atoms with Gasteiger partial charge in [0.2, 0.25) is 0 Å². The maximum Gasteiger partial charge on any atom is 0.183 e. The number of aromatic nitrogens is 1. The van der Waals surface area contributed by atoms with Crippen LogP contribution < -0.4 is 10.1 Å². The van der Waals surface area contributed by atoms with Crippen LogP contribution in [-0.4, -0.2) is 51.7 Å². The number of hydrogen-bond donors (Lipinski definition) is 1. The summed E-state index contributed by atoms with van der Waals surface area (Å²) in [7, 11) is -5.77. The molecule has 7 nitrogen and oxygen atoms in total. The molecule has 0 radical (unpaired) electrons. The van der Waals surface area contributed by atoms with E-state index in [1.54, 1.807) is 31.3 Å². The second-order valence-electron chi connectivity index (χ2n) is 6.60. The third kappa shape index (κ3) is 4.31. The molecule has 1 fully saturated rings. The van der Waals surface area contributed by atoms with Crippen molar-refractivity contribution in [3.05, 3.63) is 53.9 Å². The largest absolute Gasteiger partial charge is 0.496 e. The fourth-order valence-corrected chi connectivity index (χ4v) is 8.05. The van der Waals surface area contributed by atoms with E-state index >= 15 is 0 Å². The average Bonchev–Trinajstić information content (AvgIpc) is 2.96. The molecule has 2 heterocycles. The van der Waals surface area contributed by atoms with E-state index in [0.717, 1.165) is 5.69 Å². The predicted molar refractivity (Wildman–Crippen MR) is 102 cm³/mol. The second-order valence-corrected chi connectivity index (χ2v) is 10.9. The van der Waals surface area contributed by atoms with Crippen LogP contribution in [-0.2, 0) is 26.2 Å². The van der Waals surface area contributed by atoms with Crippen LogP contribution in [0.5, 0.6) is 5.75 Å². The maximum absolute atomic E-state index is 13.1. The van der Waals surface area contributed by atoms with Crippen molar-refractivity contribution in [3.63, 3.8) is 0 Å². The second kappa shape index (κ2) is 7.57.